The third-order valence-corrected chi connectivity index (χ3v) is 6.00. The van der Waals surface area contributed by atoms with Gasteiger partial charge in [-0.05, 0) is 6.42 Å². The first-order valence-corrected chi connectivity index (χ1v) is 10.9. The zero-order valence-electron chi connectivity index (χ0n) is 18.3. The Bertz CT molecular complexity index is 586. The Hall–Kier alpha value is -0.560. The van der Waals surface area contributed by atoms with Crippen LogP contribution in [0, 0.1) is 0 Å². The molecule has 2 fully saturated rings. The molecule has 0 aliphatic carbocycles. The van der Waals surface area contributed by atoms with Crippen LogP contribution in [0.1, 0.15) is 19.8 Å². The van der Waals surface area contributed by atoms with Crippen molar-refractivity contribution in [1.82, 2.24) is 5.32 Å². The van der Waals surface area contributed by atoms with Crippen LogP contribution >= 0.6 is 0 Å². The van der Waals surface area contributed by atoms with Crippen LogP contribution in [-0.2, 0) is 14.2 Å². The van der Waals surface area contributed by atoms with Crippen LogP contribution in [0.4, 0.5) is 0 Å². The Morgan fingerprint density at radius 2 is 1.73 bits per heavy atom. The van der Waals surface area contributed by atoms with Crippen LogP contribution in [0.5, 0.6) is 0 Å². The Kier molecular flexibility index (Phi) is 10.8. The van der Waals surface area contributed by atoms with E-state index < -0.39 is 99.4 Å². The fraction of sp³-hybridized carbons (Fsp3) is 1.00. The van der Waals surface area contributed by atoms with E-state index in [1.807, 2.05) is 0 Å². The van der Waals surface area contributed by atoms with Crippen molar-refractivity contribution in [2.45, 2.75) is 92.8 Å². The number of rotatable bonds is 11. The van der Waals surface area contributed by atoms with E-state index in [1.165, 1.54) is 0 Å². The standard InChI is InChI=1S/C19H37NO13/c1-2-3-9(23)12(25)8(4-21)20-7-19(30)17(29)16(10(24)6-31-19)33-18-15(28)14(27)13(26)11(5-22)32-18/h8-18,20-30H,2-7H2,1H3/t8-,9+,10+,11+,12-,13+,14-,15+,16+,17-,18+,19?/m0/s1. The number of nitrogens with one attached hydrogen (secondary N) is 1. The molecule has 0 aromatic heterocycles. The van der Waals surface area contributed by atoms with Gasteiger partial charge in [-0.3, -0.25) is 0 Å². The number of hydrogen-bond donors (Lipinski definition) is 11. The number of aliphatic hydroxyl groups is 10. The van der Waals surface area contributed by atoms with Crippen LogP contribution in [0.2, 0.25) is 0 Å². The molecule has 14 nitrogen and oxygen atoms in total. The SMILES string of the molecule is CCC[C@@H](O)[C@@H](O)[C@H](CO)NCC1(O)OC[C@@H](O)[C@@H](O[C@H]2O[C@H](CO)[C@@H](O)[C@H](O)[C@H]2O)[C@@H]1O. The second kappa shape index (κ2) is 12.4. The van der Waals surface area contributed by atoms with Gasteiger partial charge >= 0.3 is 0 Å². The first-order chi connectivity index (χ1) is 15.5. The molecule has 0 bridgehead atoms. The van der Waals surface area contributed by atoms with Gasteiger partial charge in [0.2, 0.25) is 5.79 Å². The van der Waals surface area contributed by atoms with Crippen molar-refractivity contribution < 1.29 is 65.3 Å². The van der Waals surface area contributed by atoms with E-state index in [1.54, 1.807) is 6.92 Å². The second-order valence-corrected chi connectivity index (χ2v) is 8.48. The molecule has 0 spiro atoms. The maximum atomic E-state index is 10.8. The smallest absolute Gasteiger partial charge is 0.207 e. The largest absolute Gasteiger partial charge is 0.395 e. The third-order valence-electron chi connectivity index (χ3n) is 6.00. The number of hydrogen-bond acceptors (Lipinski definition) is 14. The Morgan fingerprint density at radius 3 is 2.30 bits per heavy atom. The van der Waals surface area contributed by atoms with Crippen molar-refractivity contribution in [3.8, 4) is 0 Å². The molecule has 0 radical (unpaired) electrons. The summed E-state index contributed by atoms with van der Waals surface area (Å²) in [6, 6.07) is -1.08. The van der Waals surface area contributed by atoms with Gasteiger partial charge in [-0.1, -0.05) is 13.3 Å². The van der Waals surface area contributed by atoms with Gasteiger partial charge in [0.05, 0.1) is 44.6 Å². The highest BCUT2D eigenvalue weighted by Gasteiger charge is 2.53. The minimum Gasteiger partial charge on any atom is -0.395 e. The zero-order chi connectivity index (χ0) is 24.9. The van der Waals surface area contributed by atoms with Crippen LogP contribution in [0.15, 0.2) is 0 Å². The summed E-state index contributed by atoms with van der Waals surface area (Å²) in [4.78, 5) is 0. The van der Waals surface area contributed by atoms with Gasteiger partial charge < -0.3 is 70.6 Å². The summed E-state index contributed by atoms with van der Waals surface area (Å²) in [5, 5.41) is 103. The van der Waals surface area contributed by atoms with E-state index in [0.717, 1.165) is 0 Å². The minimum atomic E-state index is -2.39. The fourth-order valence-electron chi connectivity index (χ4n) is 3.84. The summed E-state index contributed by atoms with van der Waals surface area (Å²) in [5.74, 6) is -2.39. The average Bonchev–Trinajstić information content (AvgIpc) is 2.79. The summed E-state index contributed by atoms with van der Waals surface area (Å²) >= 11 is 0. The highest BCUT2D eigenvalue weighted by molar-refractivity contribution is 4.97. The van der Waals surface area contributed by atoms with Gasteiger partial charge in [0.25, 0.3) is 0 Å². The molecule has 33 heavy (non-hydrogen) atoms. The summed E-state index contributed by atoms with van der Waals surface area (Å²) in [6.45, 7) is -0.611. The molecule has 0 aromatic carbocycles. The Labute approximate surface area is 190 Å². The molecule has 0 amide bonds. The molecule has 1 unspecified atom stereocenters. The molecule has 0 aromatic rings. The van der Waals surface area contributed by atoms with E-state index in [9.17, 15) is 51.1 Å². The van der Waals surface area contributed by atoms with E-state index in [4.69, 9.17) is 14.2 Å². The molecular formula is C19H37NO13. The summed E-state index contributed by atoms with van der Waals surface area (Å²) < 4.78 is 15.8. The number of ether oxygens (including phenoxy) is 3. The zero-order valence-corrected chi connectivity index (χ0v) is 18.3. The van der Waals surface area contributed by atoms with Crippen LogP contribution in [0.25, 0.3) is 0 Å². The van der Waals surface area contributed by atoms with Gasteiger partial charge in [-0.15, -0.1) is 0 Å². The van der Waals surface area contributed by atoms with Crippen molar-refractivity contribution in [2.24, 2.45) is 0 Å². The van der Waals surface area contributed by atoms with Crippen molar-refractivity contribution in [3.63, 3.8) is 0 Å². The third kappa shape index (κ3) is 6.56. The normalized spacial score (nSPS) is 42.6. The van der Waals surface area contributed by atoms with Gasteiger partial charge in [-0.2, -0.15) is 0 Å². The quantitative estimate of drug-likeness (QED) is 0.130. The van der Waals surface area contributed by atoms with E-state index in [0.29, 0.717) is 6.42 Å². The molecule has 196 valence electrons. The maximum Gasteiger partial charge on any atom is 0.207 e. The topological polar surface area (TPSA) is 242 Å². The monoisotopic (exact) mass is 487 g/mol. The molecule has 2 saturated heterocycles. The summed E-state index contributed by atoms with van der Waals surface area (Å²) in [6.07, 6.45) is -14.9. The first-order valence-electron chi connectivity index (χ1n) is 10.9. The lowest BCUT2D eigenvalue weighted by Gasteiger charge is -2.47. The Balaban J connectivity index is 2.07. The van der Waals surface area contributed by atoms with Crippen molar-refractivity contribution in [3.05, 3.63) is 0 Å². The van der Waals surface area contributed by atoms with Gasteiger partial charge in [0, 0.05) is 0 Å². The average molecular weight is 487 g/mol. The molecule has 2 heterocycles. The van der Waals surface area contributed by atoms with Crippen LogP contribution in [-0.4, -0.2) is 150 Å². The van der Waals surface area contributed by atoms with Crippen molar-refractivity contribution in [2.75, 3.05) is 26.4 Å². The lowest BCUT2D eigenvalue weighted by atomic mass is 9.94. The highest BCUT2D eigenvalue weighted by Crippen LogP contribution is 2.30. The molecule has 2 aliphatic rings. The van der Waals surface area contributed by atoms with Gasteiger partial charge in [0.1, 0.15) is 42.7 Å². The summed E-state index contributed by atoms with van der Waals surface area (Å²) in [7, 11) is 0. The lowest BCUT2D eigenvalue weighted by molar-refractivity contribution is -0.367. The molecule has 14 heteroatoms. The fourth-order valence-corrected chi connectivity index (χ4v) is 3.84. The Morgan fingerprint density at radius 1 is 1.06 bits per heavy atom. The summed E-state index contributed by atoms with van der Waals surface area (Å²) in [5.41, 5.74) is 0. The van der Waals surface area contributed by atoms with E-state index in [-0.39, 0.29) is 6.42 Å². The highest BCUT2D eigenvalue weighted by atomic mass is 16.7. The second-order valence-electron chi connectivity index (χ2n) is 8.48. The number of aliphatic hydroxyl groups excluding tert-OH is 9. The molecule has 2 aliphatic heterocycles. The minimum absolute atomic E-state index is 0.268. The van der Waals surface area contributed by atoms with Crippen molar-refractivity contribution >= 4 is 0 Å². The molecule has 2 rings (SSSR count). The van der Waals surface area contributed by atoms with Crippen LogP contribution in [0.3, 0.4) is 0 Å². The van der Waals surface area contributed by atoms with Crippen molar-refractivity contribution in [1.29, 1.82) is 0 Å². The van der Waals surface area contributed by atoms with E-state index >= 15 is 0 Å². The molecule has 0 saturated carbocycles. The van der Waals surface area contributed by atoms with Gasteiger partial charge in [-0.25, -0.2) is 0 Å². The van der Waals surface area contributed by atoms with E-state index in [2.05, 4.69) is 5.32 Å². The maximum absolute atomic E-state index is 10.8. The first kappa shape index (κ1) is 28.7. The molecular weight excluding hydrogens is 450 g/mol. The lowest BCUT2D eigenvalue weighted by Crippen LogP contribution is -2.68. The predicted molar refractivity (Wildman–Crippen MR) is 107 cm³/mol. The predicted octanol–water partition coefficient (Wildman–Crippen LogP) is -5.92. The molecule has 11 N–H and O–H groups in total. The van der Waals surface area contributed by atoms with Crippen LogP contribution < -0.4 is 5.32 Å². The van der Waals surface area contributed by atoms with Gasteiger partial charge in [0.15, 0.2) is 6.29 Å². The molecule has 12 atom stereocenters.